The molecule has 0 atom stereocenters. The van der Waals surface area contributed by atoms with Crippen molar-refractivity contribution in [2.75, 3.05) is 13.2 Å². The van der Waals surface area contributed by atoms with Crippen LogP contribution in [0.2, 0.25) is 0 Å². The second-order valence-corrected chi connectivity index (χ2v) is 5.25. The Morgan fingerprint density at radius 2 is 1.90 bits per heavy atom. The summed E-state index contributed by atoms with van der Waals surface area (Å²) in [4.78, 5) is 4.12. The van der Waals surface area contributed by atoms with E-state index in [1.54, 1.807) is 0 Å². The Morgan fingerprint density at radius 1 is 1.20 bits per heavy atom. The summed E-state index contributed by atoms with van der Waals surface area (Å²) in [5, 5.41) is 4.19. The van der Waals surface area contributed by atoms with E-state index < -0.39 is 12.8 Å². The Bertz CT molecular complexity index is 554. The molecule has 0 bridgehead atoms. The average Bonchev–Trinajstić information content (AvgIpc) is 2.83. The minimum absolute atomic E-state index is 0.0605. The van der Waals surface area contributed by atoms with Crippen molar-refractivity contribution < 1.29 is 17.9 Å². The summed E-state index contributed by atoms with van der Waals surface area (Å²) in [5.74, 6) is 0.539. The van der Waals surface area contributed by atoms with Crippen molar-refractivity contribution in [3.05, 3.63) is 34.2 Å². The van der Waals surface area contributed by atoms with Crippen molar-refractivity contribution in [3.8, 4) is 11.4 Å². The molecule has 2 aromatic rings. The number of aromatic nitrogens is 3. The summed E-state index contributed by atoms with van der Waals surface area (Å²) in [6.07, 6.45) is -2.82. The average molecular weight is 397 g/mol. The van der Waals surface area contributed by atoms with Crippen LogP contribution in [0.4, 0.5) is 13.2 Å². The van der Waals surface area contributed by atoms with Crippen LogP contribution in [0.15, 0.2) is 30.6 Å². The number of hydrogen-bond donors (Lipinski definition) is 0. The lowest BCUT2D eigenvalue weighted by molar-refractivity contribution is -0.174. The zero-order chi connectivity index (χ0) is 14.6. The highest BCUT2D eigenvalue weighted by molar-refractivity contribution is 14.1. The molecular weight excluding hydrogens is 386 g/mol. The third-order valence-corrected chi connectivity index (χ3v) is 3.09. The summed E-state index contributed by atoms with van der Waals surface area (Å²) in [5.41, 5.74) is 0.861. The van der Waals surface area contributed by atoms with Crippen LogP contribution in [0.25, 0.3) is 11.4 Å². The van der Waals surface area contributed by atoms with Gasteiger partial charge < -0.3 is 4.74 Å². The van der Waals surface area contributed by atoms with Crippen molar-refractivity contribution in [1.82, 2.24) is 14.8 Å². The largest absolute Gasteiger partial charge is 0.411 e. The van der Waals surface area contributed by atoms with E-state index in [0.717, 1.165) is 9.13 Å². The molecule has 1 aromatic carbocycles. The van der Waals surface area contributed by atoms with Gasteiger partial charge in [-0.2, -0.15) is 18.3 Å². The van der Waals surface area contributed by atoms with Gasteiger partial charge in [-0.25, -0.2) is 4.98 Å². The maximum absolute atomic E-state index is 11.9. The molecule has 0 radical (unpaired) electrons. The number of benzene rings is 1. The molecule has 0 amide bonds. The summed E-state index contributed by atoms with van der Waals surface area (Å²) < 4.78 is 42.7. The van der Waals surface area contributed by atoms with Crippen LogP contribution in [0, 0.1) is 3.57 Å². The van der Waals surface area contributed by atoms with E-state index in [4.69, 9.17) is 0 Å². The molecule has 2 rings (SSSR count). The van der Waals surface area contributed by atoms with Crippen LogP contribution in [0.5, 0.6) is 0 Å². The SMILES string of the molecule is FC(F)(F)COCCn1cnc(-c2ccc(I)cc2)n1. The second kappa shape index (κ2) is 6.53. The molecule has 0 aliphatic carbocycles. The minimum Gasteiger partial charge on any atom is -0.370 e. The van der Waals surface area contributed by atoms with E-state index >= 15 is 0 Å². The van der Waals surface area contributed by atoms with E-state index in [9.17, 15) is 13.2 Å². The fraction of sp³-hybridized carbons (Fsp3) is 0.333. The molecule has 0 spiro atoms. The second-order valence-electron chi connectivity index (χ2n) is 4.01. The fourth-order valence-electron chi connectivity index (χ4n) is 1.48. The lowest BCUT2D eigenvalue weighted by Crippen LogP contribution is -2.19. The van der Waals surface area contributed by atoms with Crippen molar-refractivity contribution in [2.45, 2.75) is 12.7 Å². The van der Waals surface area contributed by atoms with Gasteiger partial charge in [-0.05, 0) is 34.7 Å². The lowest BCUT2D eigenvalue weighted by Gasteiger charge is -2.06. The molecular formula is C12H11F3IN3O. The molecule has 1 aromatic heterocycles. The summed E-state index contributed by atoms with van der Waals surface area (Å²) in [6.45, 7) is -1.08. The first kappa shape index (κ1) is 15.2. The van der Waals surface area contributed by atoms with E-state index in [2.05, 4.69) is 37.4 Å². The summed E-state index contributed by atoms with van der Waals surface area (Å²) >= 11 is 2.20. The van der Waals surface area contributed by atoms with Crippen LogP contribution in [-0.4, -0.2) is 34.2 Å². The Labute approximate surface area is 127 Å². The molecule has 108 valence electrons. The zero-order valence-corrected chi connectivity index (χ0v) is 12.4. The Hall–Kier alpha value is -1.16. The molecule has 0 saturated carbocycles. The summed E-state index contributed by atoms with van der Waals surface area (Å²) in [7, 11) is 0. The van der Waals surface area contributed by atoms with E-state index in [1.807, 2.05) is 24.3 Å². The maximum Gasteiger partial charge on any atom is 0.411 e. The van der Waals surface area contributed by atoms with E-state index in [1.165, 1.54) is 11.0 Å². The van der Waals surface area contributed by atoms with Crippen LogP contribution in [-0.2, 0) is 11.3 Å². The van der Waals surface area contributed by atoms with Gasteiger partial charge in [0.2, 0.25) is 0 Å². The van der Waals surface area contributed by atoms with Gasteiger partial charge in [-0.3, -0.25) is 4.68 Å². The highest BCUT2D eigenvalue weighted by Gasteiger charge is 2.27. The fourth-order valence-corrected chi connectivity index (χ4v) is 1.84. The first-order chi connectivity index (χ1) is 9.44. The Kier molecular flexibility index (Phi) is 4.97. The molecule has 1 heterocycles. The molecule has 0 N–H and O–H groups in total. The molecule has 0 fully saturated rings. The van der Waals surface area contributed by atoms with Gasteiger partial charge in [0.15, 0.2) is 5.82 Å². The molecule has 0 aliphatic rings. The van der Waals surface area contributed by atoms with Gasteiger partial charge in [0.25, 0.3) is 0 Å². The lowest BCUT2D eigenvalue weighted by atomic mass is 10.2. The number of hydrogen-bond acceptors (Lipinski definition) is 3. The zero-order valence-electron chi connectivity index (χ0n) is 10.3. The maximum atomic E-state index is 11.9. The van der Waals surface area contributed by atoms with Crippen molar-refractivity contribution in [2.24, 2.45) is 0 Å². The van der Waals surface area contributed by atoms with Crippen LogP contribution < -0.4 is 0 Å². The molecule has 8 heteroatoms. The van der Waals surface area contributed by atoms with Gasteiger partial charge in [-0.1, -0.05) is 12.1 Å². The number of ether oxygens (including phenoxy) is 1. The number of halogens is 4. The van der Waals surface area contributed by atoms with Gasteiger partial charge in [-0.15, -0.1) is 0 Å². The van der Waals surface area contributed by atoms with Crippen molar-refractivity contribution >= 4 is 22.6 Å². The minimum atomic E-state index is -4.30. The molecule has 20 heavy (non-hydrogen) atoms. The topological polar surface area (TPSA) is 39.9 Å². The first-order valence-electron chi connectivity index (χ1n) is 5.74. The first-order valence-corrected chi connectivity index (χ1v) is 6.82. The van der Waals surface area contributed by atoms with Crippen LogP contribution in [0.3, 0.4) is 0 Å². The quantitative estimate of drug-likeness (QED) is 0.575. The summed E-state index contributed by atoms with van der Waals surface area (Å²) in [6, 6.07) is 7.65. The molecule has 0 unspecified atom stereocenters. The number of rotatable bonds is 5. The van der Waals surface area contributed by atoms with Crippen molar-refractivity contribution in [1.29, 1.82) is 0 Å². The van der Waals surface area contributed by atoms with E-state index in [0.29, 0.717) is 5.82 Å². The molecule has 0 saturated heterocycles. The number of alkyl halides is 3. The van der Waals surface area contributed by atoms with Crippen LogP contribution in [0.1, 0.15) is 0 Å². The predicted octanol–water partition coefficient (Wildman–Crippen LogP) is 3.13. The molecule has 4 nitrogen and oxygen atoms in total. The van der Waals surface area contributed by atoms with Gasteiger partial charge >= 0.3 is 6.18 Å². The monoisotopic (exact) mass is 397 g/mol. The van der Waals surface area contributed by atoms with E-state index in [-0.39, 0.29) is 13.2 Å². The van der Waals surface area contributed by atoms with Gasteiger partial charge in [0.05, 0.1) is 13.2 Å². The normalized spacial score (nSPS) is 11.8. The Balaban J connectivity index is 1.88. The number of nitrogens with zero attached hydrogens (tertiary/aromatic N) is 3. The molecule has 0 aliphatic heterocycles. The van der Waals surface area contributed by atoms with Crippen molar-refractivity contribution in [3.63, 3.8) is 0 Å². The predicted molar refractivity (Wildman–Crippen MR) is 75.0 cm³/mol. The van der Waals surface area contributed by atoms with Gasteiger partial charge in [0, 0.05) is 9.13 Å². The van der Waals surface area contributed by atoms with Gasteiger partial charge in [0.1, 0.15) is 12.9 Å². The standard InChI is InChI=1S/C12H11F3IN3O/c13-12(14,15)7-20-6-5-19-8-17-11(18-19)9-1-3-10(16)4-2-9/h1-4,8H,5-7H2. The third kappa shape index (κ3) is 4.75. The third-order valence-electron chi connectivity index (χ3n) is 2.37. The van der Waals surface area contributed by atoms with Crippen LogP contribution >= 0.6 is 22.6 Å². The smallest absolute Gasteiger partial charge is 0.370 e. The highest BCUT2D eigenvalue weighted by atomic mass is 127. The highest BCUT2D eigenvalue weighted by Crippen LogP contribution is 2.16. The Morgan fingerprint density at radius 3 is 2.55 bits per heavy atom.